The number of rotatable bonds is 6. The minimum Gasteiger partial charge on any atom is -0.457 e. The van der Waals surface area contributed by atoms with Gasteiger partial charge < -0.3 is 15.4 Å². The molecule has 1 amide bonds. The number of fused-ring (bicyclic) bond motifs is 1. The van der Waals surface area contributed by atoms with Crippen molar-refractivity contribution in [3.05, 3.63) is 99.2 Å². The Morgan fingerprint density at radius 2 is 1.76 bits per heavy atom. The maximum atomic E-state index is 13.3. The van der Waals surface area contributed by atoms with Crippen LogP contribution in [-0.2, 0) is 14.3 Å². The van der Waals surface area contributed by atoms with Crippen LogP contribution in [0.15, 0.2) is 88.6 Å². The molecule has 4 rings (SSSR count). The Morgan fingerprint density at radius 3 is 2.42 bits per heavy atom. The van der Waals surface area contributed by atoms with E-state index in [9.17, 15) is 14.9 Å². The van der Waals surface area contributed by atoms with E-state index in [0.29, 0.717) is 32.6 Å². The largest absolute Gasteiger partial charge is 0.457 e. The predicted molar refractivity (Wildman–Crippen MR) is 154 cm³/mol. The van der Waals surface area contributed by atoms with E-state index in [2.05, 4.69) is 16.7 Å². The Bertz CT molecular complexity index is 1500. The number of nitrogens with one attached hydrogen (secondary N) is 2. The van der Waals surface area contributed by atoms with Crippen LogP contribution in [0.5, 0.6) is 0 Å². The summed E-state index contributed by atoms with van der Waals surface area (Å²) in [6, 6.07) is 23.0. The van der Waals surface area contributed by atoms with Crippen molar-refractivity contribution in [1.29, 1.82) is 5.26 Å². The molecule has 0 bridgehead atoms. The molecule has 0 unspecified atom stereocenters. The second-order valence-corrected chi connectivity index (χ2v) is 11.3. The molecule has 0 saturated heterocycles. The Morgan fingerprint density at radius 1 is 1.08 bits per heavy atom. The van der Waals surface area contributed by atoms with Crippen LogP contribution in [0.4, 0.5) is 5.69 Å². The number of anilines is 1. The fraction of sp³-hybridized carbons (Fsp3) is 0.233. The van der Waals surface area contributed by atoms with E-state index in [4.69, 9.17) is 16.3 Å². The molecule has 1 aliphatic heterocycles. The molecular weight excluding hydrogens is 518 g/mol. The summed E-state index contributed by atoms with van der Waals surface area (Å²) in [6.45, 7) is 7.16. The molecule has 1 aliphatic rings. The molecular formula is C30H28ClN3O3S. The highest BCUT2D eigenvalue weighted by molar-refractivity contribution is 8.03. The summed E-state index contributed by atoms with van der Waals surface area (Å²) >= 11 is 7.32. The van der Waals surface area contributed by atoms with Crippen LogP contribution in [0.3, 0.4) is 0 Å². The number of allylic oxidation sites excluding steroid dienone is 2. The van der Waals surface area contributed by atoms with Crippen LogP contribution in [0.25, 0.3) is 10.8 Å². The van der Waals surface area contributed by atoms with Crippen molar-refractivity contribution in [2.24, 2.45) is 0 Å². The molecule has 1 atom stereocenters. The standard InChI is InChI=1S/C30H28ClN3O3S/c1-18-26(29(36)37-30(2,3)4)27(20-9-12-22(31)13-10-20)24(16-32)28(33-18)38-17-25(35)34-23-14-11-19-7-5-6-8-21(19)15-23/h5-15,27,33H,17H2,1-4H3,(H,34,35)/t27-/m0/s1. The SMILES string of the molecule is CC1=C(C(=O)OC(C)(C)C)[C@@H](c2ccc(Cl)cc2)C(C#N)=C(SCC(=O)Nc2ccc3ccccc3c2)N1. The van der Waals surface area contributed by atoms with Crippen LogP contribution in [0, 0.1) is 11.3 Å². The number of dihydropyridines is 1. The van der Waals surface area contributed by atoms with E-state index in [0.717, 1.165) is 16.3 Å². The molecule has 0 aliphatic carbocycles. The average Bonchev–Trinajstić information content (AvgIpc) is 2.86. The molecule has 0 spiro atoms. The molecule has 1 heterocycles. The monoisotopic (exact) mass is 545 g/mol. The summed E-state index contributed by atoms with van der Waals surface area (Å²) in [6.07, 6.45) is 0. The maximum Gasteiger partial charge on any atom is 0.337 e. The Kier molecular flexibility index (Phi) is 8.15. The maximum absolute atomic E-state index is 13.3. The molecule has 0 radical (unpaired) electrons. The van der Waals surface area contributed by atoms with E-state index in [1.54, 1.807) is 52.0 Å². The lowest BCUT2D eigenvalue weighted by molar-refractivity contribution is -0.150. The number of carbonyl (C=O) groups excluding carboxylic acids is 2. The first-order chi connectivity index (χ1) is 18.1. The highest BCUT2D eigenvalue weighted by atomic mass is 35.5. The van der Waals surface area contributed by atoms with Gasteiger partial charge in [0.05, 0.1) is 33.9 Å². The van der Waals surface area contributed by atoms with Gasteiger partial charge in [0.2, 0.25) is 5.91 Å². The lowest BCUT2D eigenvalue weighted by Gasteiger charge is -2.31. The zero-order valence-corrected chi connectivity index (χ0v) is 23.2. The molecule has 0 saturated carbocycles. The topological polar surface area (TPSA) is 91.2 Å². The number of halogens is 1. The zero-order valence-electron chi connectivity index (χ0n) is 21.6. The van der Waals surface area contributed by atoms with E-state index in [-0.39, 0.29) is 11.7 Å². The number of hydrogen-bond donors (Lipinski definition) is 2. The van der Waals surface area contributed by atoms with Crippen LogP contribution in [0.1, 0.15) is 39.2 Å². The van der Waals surface area contributed by atoms with Crippen molar-refractivity contribution in [2.45, 2.75) is 39.2 Å². The summed E-state index contributed by atoms with van der Waals surface area (Å²) < 4.78 is 5.68. The Hall–Kier alpha value is -3.73. The quantitative estimate of drug-likeness (QED) is 0.327. The van der Waals surface area contributed by atoms with Crippen molar-refractivity contribution in [2.75, 3.05) is 11.1 Å². The Labute approximate surface area is 231 Å². The fourth-order valence-electron chi connectivity index (χ4n) is 4.22. The van der Waals surface area contributed by atoms with Crippen molar-refractivity contribution >= 4 is 51.7 Å². The van der Waals surface area contributed by atoms with Gasteiger partial charge in [-0.2, -0.15) is 5.26 Å². The van der Waals surface area contributed by atoms with Gasteiger partial charge in [-0.05, 0) is 68.3 Å². The second kappa shape index (κ2) is 11.3. The normalized spacial score (nSPS) is 15.6. The third-order valence-electron chi connectivity index (χ3n) is 5.85. The highest BCUT2D eigenvalue weighted by Gasteiger charge is 2.37. The van der Waals surface area contributed by atoms with Crippen LogP contribution in [0.2, 0.25) is 5.02 Å². The van der Waals surface area contributed by atoms with Crippen LogP contribution >= 0.6 is 23.4 Å². The van der Waals surface area contributed by atoms with Gasteiger partial charge in [-0.1, -0.05) is 65.8 Å². The van der Waals surface area contributed by atoms with Crippen LogP contribution < -0.4 is 10.6 Å². The van der Waals surface area contributed by atoms with Gasteiger partial charge in [0, 0.05) is 16.4 Å². The summed E-state index contributed by atoms with van der Waals surface area (Å²) in [5.74, 6) is -1.31. The molecule has 3 aromatic rings. The molecule has 38 heavy (non-hydrogen) atoms. The fourth-order valence-corrected chi connectivity index (χ4v) is 5.24. The van der Waals surface area contributed by atoms with E-state index < -0.39 is 17.5 Å². The molecule has 2 N–H and O–H groups in total. The molecule has 8 heteroatoms. The summed E-state index contributed by atoms with van der Waals surface area (Å²) in [4.78, 5) is 26.1. The lowest BCUT2D eigenvalue weighted by Crippen LogP contribution is -2.32. The predicted octanol–water partition coefficient (Wildman–Crippen LogP) is 6.90. The Balaban J connectivity index is 1.59. The number of ether oxygens (including phenoxy) is 1. The number of amides is 1. The molecule has 3 aromatic carbocycles. The van der Waals surface area contributed by atoms with E-state index >= 15 is 0 Å². The highest BCUT2D eigenvalue weighted by Crippen LogP contribution is 2.41. The number of hydrogen-bond acceptors (Lipinski definition) is 6. The van der Waals surface area contributed by atoms with Gasteiger partial charge in [-0.25, -0.2) is 4.79 Å². The summed E-state index contributed by atoms with van der Waals surface area (Å²) in [5, 5.41) is 19.5. The summed E-state index contributed by atoms with van der Waals surface area (Å²) in [5.41, 5.74) is 1.97. The zero-order chi connectivity index (χ0) is 27.4. The number of benzene rings is 3. The second-order valence-electron chi connectivity index (χ2n) is 9.90. The van der Waals surface area contributed by atoms with Gasteiger partial charge in [-0.3, -0.25) is 4.79 Å². The molecule has 6 nitrogen and oxygen atoms in total. The number of nitrogens with zero attached hydrogens (tertiary/aromatic N) is 1. The first-order valence-electron chi connectivity index (χ1n) is 12.1. The average molecular weight is 546 g/mol. The molecule has 194 valence electrons. The minimum atomic E-state index is -0.707. The van der Waals surface area contributed by atoms with Crippen LogP contribution in [-0.4, -0.2) is 23.2 Å². The van der Waals surface area contributed by atoms with Gasteiger partial charge in [-0.15, -0.1) is 0 Å². The lowest BCUT2D eigenvalue weighted by atomic mass is 9.82. The van der Waals surface area contributed by atoms with Crippen molar-refractivity contribution in [3.63, 3.8) is 0 Å². The van der Waals surface area contributed by atoms with E-state index in [1.165, 1.54) is 11.8 Å². The minimum absolute atomic E-state index is 0.0722. The van der Waals surface area contributed by atoms with Gasteiger partial charge >= 0.3 is 5.97 Å². The van der Waals surface area contributed by atoms with Crippen molar-refractivity contribution < 1.29 is 14.3 Å². The summed E-state index contributed by atoms with van der Waals surface area (Å²) in [7, 11) is 0. The smallest absolute Gasteiger partial charge is 0.337 e. The number of thioether (sulfide) groups is 1. The third-order valence-corrected chi connectivity index (χ3v) is 7.12. The van der Waals surface area contributed by atoms with E-state index in [1.807, 2.05) is 42.5 Å². The van der Waals surface area contributed by atoms with Crippen molar-refractivity contribution in [1.82, 2.24) is 5.32 Å². The first-order valence-corrected chi connectivity index (χ1v) is 13.4. The van der Waals surface area contributed by atoms with Gasteiger partial charge in [0.25, 0.3) is 0 Å². The molecule has 0 aromatic heterocycles. The number of nitriles is 1. The third kappa shape index (κ3) is 6.39. The first kappa shape index (κ1) is 27.3. The van der Waals surface area contributed by atoms with Crippen molar-refractivity contribution in [3.8, 4) is 6.07 Å². The number of carbonyl (C=O) groups is 2. The number of esters is 1. The molecule has 0 fully saturated rings. The van der Waals surface area contributed by atoms with Gasteiger partial charge in [0.15, 0.2) is 0 Å². The van der Waals surface area contributed by atoms with Gasteiger partial charge in [0.1, 0.15) is 5.60 Å².